The molecule has 5 nitrogen and oxygen atoms in total. The summed E-state index contributed by atoms with van der Waals surface area (Å²) in [6, 6.07) is 17.5. The monoisotopic (exact) mass is 400 g/mol. The molecule has 0 aliphatic rings. The van der Waals surface area contributed by atoms with Crippen LogP contribution in [0.4, 0.5) is 0 Å². The smallest absolute Gasteiger partial charge is 0.240 e. The minimum atomic E-state index is -0.0999. The highest BCUT2D eigenvalue weighted by Gasteiger charge is 2.14. The molecule has 1 heterocycles. The third-order valence-corrected chi connectivity index (χ3v) is 5.04. The minimum absolute atomic E-state index is 0.0999. The van der Waals surface area contributed by atoms with E-state index in [1.165, 1.54) is 5.56 Å². The highest BCUT2D eigenvalue weighted by molar-refractivity contribution is 7.71. The first-order valence-electron chi connectivity index (χ1n) is 8.81. The Bertz CT molecular complexity index is 950. The van der Waals surface area contributed by atoms with Crippen LogP contribution in [0, 0.1) is 4.77 Å². The van der Waals surface area contributed by atoms with E-state index in [0.717, 1.165) is 12.0 Å². The van der Waals surface area contributed by atoms with Gasteiger partial charge in [0, 0.05) is 23.0 Å². The van der Waals surface area contributed by atoms with Gasteiger partial charge in [-0.2, -0.15) is 5.10 Å². The molecule has 140 valence electrons. The van der Waals surface area contributed by atoms with Crippen molar-refractivity contribution in [2.45, 2.75) is 25.8 Å². The zero-order chi connectivity index (χ0) is 19.2. The number of hydrogen-bond acceptors (Lipinski definition) is 3. The molecule has 7 heteroatoms. The molecule has 0 aliphatic heterocycles. The largest absolute Gasteiger partial charge is 0.354 e. The van der Waals surface area contributed by atoms with Gasteiger partial charge in [0.15, 0.2) is 10.6 Å². The molecule has 0 radical (unpaired) electrons. The summed E-state index contributed by atoms with van der Waals surface area (Å²) in [4.78, 5) is 12.5. The van der Waals surface area contributed by atoms with Crippen molar-refractivity contribution < 1.29 is 4.79 Å². The second kappa shape index (κ2) is 8.97. The van der Waals surface area contributed by atoms with Gasteiger partial charge in [-0.15, -0.1) is 0 Å². The first-order valence-corrected chi connectivity index (χ1v) is 9.60. The zero-order valence-electron chi connectivity index (χ0n) is 15.0. The Balaban J connectivity index is 1.69. The standard InChI is InChI=1S/C20H21ClN4OS/c1-2-14(15-6-4-3-5-7-15)12-22-18(26)13-25-19(23-24-20(25)27)16-8-10-17(21)11-9-16/h3-11,14H,2,12-13H2,1H3,(H,22,26)(H,24,27). The molecule has 3 rings (SSSR count). The van der Waals surface area contributed by atoms with Gasteiger partial charge >= 0.3 is 0 Å². The Morgan fingerprint density at radius 2 is 1.93 bits per heavy atom. The summed E-state index contributed by atoms with van der Waals surface area (Å²) in [6.45, 7) is 2.81. The molecule has 1 amide bonds. The molecular formula is C20H21ClN4OS. The SMILES string of the molecule is CCC(CNC(=O)Cn1c(-c2ccc(Cl)cc2)n[nH]c1=S)c1ccccc1. The van der Waals surface area contributed by atoms with E-state index in [1.54, 1.807) is 16.7 Å². The van der Waals surface area contributed by atoms with Crippen LogP contribution in [0.1, 0.15) is 24.8 Å². The average Bonchev–Trinajstić information content (AvgIpc) is 3.04. The van der Waals surface area contributed by atoms with Gasteiger partial charge in [-0.3, -0.25) is 14.5 Å². The van der Waals surface area contributed by atoms with Crippen LogP contribution in [0.5, 0.6) is 0 Å². The quantitative estimate of drug-likeness (QED) is 0.571. The fraction of sp³-hybridized carbons (Fsp3) is 0.250. The van der Waals surface area contributed by atoms with E-state index in [2.05, 4.69) is 34.6 Å². The van der Waals surface area contributed by atoms with E-state index in [1.807, 2.05) is 30.3 Å². The summed E-state index contributed by atoms with van der Waals surface area (Å²) in [5.41, 5.74) is 2.07. The maximum absolute atomic E-state index is 12.5. The summed E-state index contributed by atoms with van der Waals surface area (Å²) in [7, 11) is 0. The lowest BCUT2D eigenvalue weighted by atomic mass is 9.96. The molecule has 2 N–H and O–H groups in total. The van der Waals surface area contributed by atoms with Crippen molar-refractivity contribution in [1.82, 2.24) is 20.1 Å². The van der Waals surface area contributed by atoms with Crippen molar-refractivity contribution in [1.29, 1.82) is 0 Å². The Kier molecular flexibility index (Phi) is 6.42. The van der Waals surface area contributed by atoms with Gasteiger partial charge in [0.2, 0.25) is 5.91 Å². The normalized spacial score (nSPS) is 11.9. The number of nitrogens with zero attached hydrogens (tertiary/aromatic N) is 2. The zero-order valence-corrected chi connectivity index (χ0v) is 16.6. The van der Waals surface area contributed by atoms with E-state index >= 15 is 0 Å². The van der Waals surface area contributed by atoms with Crippen LogP contribution in [-0.4, -0.2) is 27.2 Å². The molecule has 0 fully saturated rings. The van der Waals surface area contributed by atoms with Gasteiger partial charge in [0.05, 0.1) is 0 Å². The summed E-state index contributed by atoms with van der Waals surface area (Å²) in [5.74, 6) is 0.794. The number of amides is 1. The maximum atomic E-state index is 12.5. The van der Waals surface area contributed by atoms with Gasteiger partial charge in [0.25, 0.3) is 0 Å². The van der Waals surface area contributed by atoms with Crippen LogP contribution in [0.3, 0.4) is 0 Å². The lowest BCUT2D eigenvalue weighted by molar-refractivity contribution is -0.121. The third kappa shape index (κ3) is 4.84. The summed E-state index contributed by atoms with van der Waals surface area (Å²) < 4.78 is 2.10. The van der Waals surface area contributed by atoms with E-state index in [-0.39, 0.29) is 18.4 Å². The van der Waals surface area contributed by atoms with Crippen LogP contribution >= 0.6 is 23.8 Å². The highest BCUT2D eigenvalue weighted by Crippen LogP contribution is 2.20. The Hall–Kier alpha value is -2.44. The van der Waals surface area contributed by atoms with Crippen molar-refractivity contribution in [2.75, 3.05) is 6.54 Å². The molecule has 1 atom stereocenters. The van der Waals surface area contributed by atoms with E-state index in [4.69, 9.17) is 23.8 Å². The number of carbonyl (C=O) groups is 1. The number of nitrogens with one attached hydrogen (secondary N) is 2. The molecule has 0 bridgehead atoms. The topological polar surface area (TPSA) is 62.7 Å². The summed E-state index contributed by atoms with van der Waals surface area (Å²) >= 11 is 11.2. The van der Waals surface area contributed by atoms with Gasteiger partial charge in [-0.25, -0.2) is 0 Å². The number of rotatable bonds is 7. The summed E-state index contributed by atoms with van der Waals surface area (Å²) in [5, 5.41) is 10.7. The van der Waals surface area contributed by atoms with E-state index < -0.39 is 0 Å². The van der Waals surface area contributed by atoms with Crippen molar-refractivity contribution in [3.8, 4) is 11.4 Å². The molecule has 0 saturated carbocycles. The van der Waals surface area contributed by atoms with E-state index in [0.29, 0.717) is 22.2 Å². The molecule has 1 aromatic heterocycles. The molecule has 27 heavy (non-hydrogen) atoms. The number of H-pyrrole nitrogens is 1. The van der Waals surface area contributed by atoms with Gasteiger partial charge in [0.1, 0.15) is 6.54 Å². The van der Waals surface area contributed by atoms with Crippen LogP contribution < -0.4 is 5.32 Å². The molecule has 0 saturated heterocycles. The van der Waals surface area contributed by atoms with Crippen molar-refractivity contribution in [2.24, 2.45) is 0 Å². The van der Waals surface area contributed by atoms with Gasteiger partial charge < -0.3 is 5.32 Å². The second-order valence-corrected chi connectivity index (χ2v) is 7.09. The van der Waals surface area contributed by atoms with Crippen molar-refractivity contribution >= 4 is 29.7 Å². The first-order chi connectivity index (χ1) is 13.1. The third-order valence-electron chi connectivity index (χ3n) is 4.47. The second-order valence-electron chi connectivity index (χ2n) is 6.27. The number of hydrogen-bond donors (Lipinski definition) is 2. The molecular weight excluding hydrogens is 380 g/mol. The number of benzene rings is 2. The van der Waals surface area contributed by atoms with E-state index in [9.17, 15) is 4.79 Å². The number of carbonyl (C=O) groups excluding carboxylic acids is 1. The van der Waals surface area contributed by atoms with Crippen molar-refractivity contribution in [3.05, 3.63) is 70.0 Å². The van der Waals surface area contributed by atoms with Crippen molar-refractivity contribution in [3.63, 3.8) is 0 Å². The number of halogens is 1. The lowest BCUT2D eigenvalue weighted by Crippen LogP contribution is -2.31. The predicted octanol–water partition coefficient (Wildman–Crippen LogP) is 4.57. The van der Waals surface area contributed by atoms with Crippen LogP contribution in [0.25, 0.3) is 11.4 Å². The lowest BCUT2D eigenvalue weighted by Gasteiger charge is -2.16. The predicted molar refractivity (Wildman–Crippen MR) is 110 cm³/mol. The van der Waals surface area contributed by atoms with Crippen LogP contribution in [0.15, 0.2) is 54.6 Å². The fourth-order valence-electron chi connectivity index (χ4n) is 2.94. The molecule has 0 spiro atoms. The molecule has 3 aromatic rings. The fourth-order valence-corrected chi connectivity index (χ4v) is 3.27. The Labute approximate surface area is 168 Å². The van der Waals surface area contributed by atoms with Gasteiger partial charge in [-0.1, -0.05) is 48.9 Å². The average molecular weight is 401 g/mol. The molecule has 1 unspecified atom stereocenters. The van der Waals surface area contributed by atoms with Crippen LogP contribution in [0.2, 0.25) is 5.02 Å². The highest BCUT2D eigenvalue weighted by atomic mass is 35.5. The Morgan fingerprint density at radius 3 is 2.59 bits per heavy atom. The molecule has 2 aromatic carbocycles. The first kappa shape index (κ1) is 19.3. The molecule has 0 aliphatic carbocycles. The minimum Gasteiger partial charge on any atom is -0.354 e. The number of aromatic nitrogens is 3. The van der Waals surface area contributed by atoms with Crippen LogP contribution in [-0.2, 0) is 11.3 Å². The number of aromatic amines is 1. The Morgan fingerprint density at radius 1 is 1.22 bits per heavy atom. The van der Waals surface area contributed by atoms with Gasteiger partial charge in [-0.05, 0) is 48.5 Å². The summed E-state index contributed by atoms with van der Waals surface area (Å²) in [6.07, 6.45) is 0.950. The maximum Gasteiger partial charge on any atom is 0.240 e.